The molecule has 1 N–H and O–H groups in total. The Morgan fingerprint density at radius 2 is 1.61 bits per heavy atom. The zero-order chi connectivity index (χ0) is 22.2. The lowest BCUT2D eigenvalue weighted by Gasteiger charge is -2.15. The number of thiophene rings is 1. The first-order chi connectivity index (χ1) is 14.7. The number of nitrogens with one attached hydrogen (secondary N) is 1. The van der Waals surface area contributed by atoms with Crippen molar-refractivity contribution in [3.8, 4) is 5.75 Å². The van der Waals surface area contributed by atoms with Crippen molar-refractivity contribution in [1.82, 2.24) is 0 Å². The second kappa shape index (κ2) is 7.92. The van der Waals surface area contributed by atoms with E-state index in [-0.39, 0.29) is 17.0 Å². The molecule has 0 bridgehead atoms. The van der Waals surface area contributed by atoms with Crippen molar-refractivity contribution in [2.24, 2.45) is 0 Å². The fraction of sp³-hybridized carbons (Fsp3) is 0.0909. The number of anilines is 2. The molecule has 2 aromatic carbocycles. The Balaban J connectivity index is 1.68. The van der Waals surface area contributed by atoms with E-state index in [4.69, 9.17) is 0 Å². The molecule has 0 atom stereocenters. The highest BCUT2D eigenvalue weighted by Crippen LogP contribution is 2.36. The molecule has 0 spiro atoms. The summed E-state index contributed by atoms with van der Waals surface area (Å²) in [7, 11) is 0. The SMILES string of the molecule is Cc1ccc(N2C(=O)C(Nc3ccc(OC(F)(F)F)cc3)=C(c3cccs3)C2=O)cc1. The first-order valence-electron chi connectivity index (χ1n) is 9.09. The molecule has 158 valence electrons. The smallest absolute Gasteiger partial charge is 0.406 e. The van der Waals surface area contributed by atoms with Gasteiger partial charge in [-0.2, -0.15) is 0 Å². The third-order valence-corrected chi connectivity index (χ3v) is 5.39. The summed E-state index contributed by atoms with van der Waals surface area (Å²) < 4.78 is 41.0. The largest absolute Gasteiger partial charge is 0.573 e. The van der Waals surface area contributed by atoms with Gasteiger partial charge in [0.25, 0.3) is 11.8 Å². The zero-order valence-electron chi connectivity index (χ0n) is 16.1. The van der Waals surface area contributed by atoms with E-state index in [0.717, 1.165) is 22.6 Å². The van der Waals surface area contributed by atoms with E-state index in [2.05, 4.69) is 10.1 Å². The first kappa shape index (κ1) is 20.7. The molecule has 2 amide bonds. The van der Waals surface area contributed by atoms with Gasteiger partial charge in [-0.3, -0.25) is 9.59 Å². The van der Waals surface area contributed by atoms with Gasteiger partial charge in [0.1, 0.15) is 11.4 Å². The molecule has 5 nitrogen and oxygen atoms in total. The lowest BCUT2D eigenvalue weighted by atomic mass is 10.2. The number of carbonyl (C=O) groups excluding carboxylic acids is 2. The summed E-state index contributed by atoms with van der Waals surface area (Å²) in [5.74, 6) is -1.41. The van der Waals surface area contributed by atoms with Crippen molar-refractivity contribution in [3.05, 3.63) is 82.2 Å². The Hall–Kier alpha value is -3.59. The van der Waals surface area contributed by atoms with E-state index in [9.17, 15) is 22.8 Å². The van der Waals surface area contributed by atoms with Crippen LogP contribution in [0.3, 0.4) is 0 Å². The molecule has 2 heterocycles. The van der Waals surface area contributed by atoms with Gasteiger partial charge >= 0.3 is 6.36 Å². The third-order valence-electron chi connectivity index (χ3n) is 4.50. The molecule has 0 radical (unpaired) electrons. The second-order valence-corrected chi connectivity index (χ2v) is 7.65. The maximum absolute atomic E-state index is 13.2. The van der Waals surface area contributed by atoms with Crippen LogP contribution in [-0.2, 0) is 9.59 Å². The molecule has 0 aliphatic carbocycles. The molecular weight excluding hydrogens is 429 g/mol. The topological polar surface area (TPSA) is 58.6 Å². The molecular formula is C22H15F3N2O3S. The number of halogens is 3. The maximum Gasteiger partial charge on any atom is 0.573 e. The summed E-state index contributed by atoms with van der Waals surface area (Å²) in [5.41, 5.74) is 2.01. The summed E-state index contributed by atoms with van der Waals surface area (Å²) >= 11 is 1.31. The van der Waals surface area contributed by atoms with E-state index in [1.807, 2.05) is 6.92 Å². The highest BCUT2D eigenvalue weighted by molar-refractivity contribution is 7.11. The highest BCUT2D eigenvalue weighted by Gasteiger charge is 2.40. The lowest BCUT2D eigenvalue weighted by molar-refractivity contribution is -0.274. The molecule has 0 fully saturated rings. The molecule has 4 rings (SSSR count). The zero-order valence-corrected chi connectivity index (χ0v) is 16.9. The van der Waals surface area contributed by atoms with Crippen molar-refractivity contribution >= 4 is 40.1 Å². The number of rotatable bonds is 5. The van der Waals surface area contributed by atoms with Gasteiger partial charge < -0.3 is 10.1 Å². The molecule has 1 aromatic heterocycles. The van der Waals surface area contributed by atoms with Gasteiger partial charge in [0.2, 0.25) is 0 Å². The van der Waals surface area contributed by atoms with Crippen molar-refractivity contribution in [1.29, 1.82) is 0 Å². The third kappa shape index (κ3) is 4.31. The van der Waals surface area contributed by atoms with Gasteiger partial charge in [-0.05, 0) is 54.8 Å². The Kier molecular flexibility index (Phi) is 5.28. The predicted molar refractivity (Wildman–Crippen MR) is 112 cm³/mol. The Labute approximate surface area is 179 Å². The van der Waals surface area contributed by atoms with Crippen LogP contribution in [0, 0.1) is 6.92 Å². The Morgan fingerprint density at radius 3 is 2.19 bits per heavy atom. The van der Waals surface area contributed by atoms with E-state index in [0.29, 0.717) is 16.3 Å². The summed E-state index contributed by atoms with van der Waals surface area (Å²) in [5, 5.41) is 4.69. The normalized spacial score (nSPS) is 14.4. The minimum absolute atomic E-state index is 0.0533. The number of amides is 2. The van der Waals surface area contributed by atoms with Crippen LogP contribution < -0.4 is 15.0 Å². The molecule has 1 aliphatic rings. The average molecular weight is 444 g/mol. The lowest BCUT2D eigenvalue weighted by Crippen LogP contribution is -2.32. The number of imide groups is 1. The number of hydrogen-bond acceptors (Lipinski definition) is 5. The van der Waals surface area contributed by atoms with Crippen LogP contribution in [0.2, 0.25) is 0 Å². The second-order valence-electron chi connectivity index (χ2n) is 6.71. The van der Waals surface area contributed by atoms with Gasteiger partial charge in [-0.1, -0.05) is 23.8 Å². The molecule has 1 aliphatic heterocycles. The predicted octanol–water partition coefficient (Wildman–Crippen LogP) is 5.35. The van der Waals surface area contributed by atoms with Gasteiger partial charge in [0.05, 0.1) is 11.3 Å². The van der Waals surface area contributed by atoms with Crippen LogP contribution >= 0.6 is 11.3 Å². The quantitative estimate of drug-likeness (QED) is 0.539. The summed E-state index contributed by atoms with van der Waals surface area (Å²) in [6.45, 7) is 1.89. The van der Waals surface area contributed by atoms with Gasteiger partial charge in [0.15, 0.2) is 0 Å². The fourth-order valence-corrected chi connectivity index (χ4v) is 3.88. The van der Waals surface area contributed by atoms with E-state index in [1.165, 1.54) is 23.5 Å². The van der Waals surface area contributed by atoms with Crippen LogP contribution in [-0.4, -0.2) is 18.2 Å². The van der Waals surface area contributed by atoms with Crippen LogP contribution in [0.4, 0.5) is 24.5 Å². The van der Waals surface area contributed by atoms with Crippen LogP contribution in [0.15, 0.2) is 71.7 Å². The molecule has 3 aromatic rings. The molecule has 0 saturated carbocycles. The minimum Gasteiger partial charge on any atom is -0.406 e. The summed E-state index contributed by atoms with van der Waals surface area (Å²) in [4.78, 5) is 28.0. The highest BCUT2D eigenvalue weighted by atomic mass is 32.1. The Bertz CT molecular complexity index is 1150. The number of hydrogen-bond donors (Lipinski definition) is 1. The van der Waals surface area contributed by atoms with E-state index >= 15 is 0 Å². The average Bonchev–Trinajstić information content (AvgIpc) is 3.30. The molecule has 31 heavy (non-hydrogen) atoms. The summed E-state index contributed by atoms with van der Waals surface area (Å²) in [6, 6.07) is 15.4. The molecule has 9 heteroatoms. The van der Waals surface area contributed by atoms with Crippen molar-refractivity contribution < 1.29 is 27.5 Å². The van der Waals surface area contributed by atoms with Crippen LogP contribution in [0.1, 0.15) is 10.4 Å². The maximum atomic E-state index is 13.2. The van der Waals surface area contributed by atoms with E-state index < -0.39 is 18.2 Å². The first-order valence-corrected chi connectivity index (χ1v) is 9.97. The van der Waals surface area contributed by atoms with Crippen LogP contribution in [0.5, 0.6) is 5.75 Å². The summed E-state index contributed by atoms with van der Waals surface area (Å²) in [6.07, 6.45) is -4.80. The fourth-order valence-electron chi connectivity index (χ4n) is 3.11. The number of aryl methyl sites for hydroxylation is 1. The molecule has 0 saturated heterocycles. The molecule has 0 unspecified atom stereocenters. The van der Waals surface area contributed by atoms with Gasteiger partial charge in [-0.15, -0.1) is 24.5 Å². The standard InChI is InChI=1S/C22H15F3N2O3S/c1-13-4-8-15(9-5-13)27-20(28)18(17-3-2-12-31-17)19(21(27)29)26-14-6-10-16(11-7-14)30-22(23,24)25/h2-12,26H,1H3. The minimum atomic E-state index is -4.80. The van der Waals surface area contributed by atoms with Crippen molar-refractivity contribution in [3.63, 3.8) is 0 Å². The number of ether oxygens (including phenoxy) is 1. The number of nitrogens with zero attached hydrogens (tertiary/aromatic N) is 1. The van der Waals surface area contributed by atoms with Crippen molar-refractivity contribution in [2.45, 2.75) is 13.3 Å². The number of benzene rings is 2. The van der Waals surface area contributed by atoms with Gasteiger partial charge in [0, 0.05) is 10.6 Å². The van der Waals surface area contributed by atoms with Crippen LogP contribution in [0.25, 0.3) is 5.57 Å². The number of carbonyl (C=O) groups is 2. The Morgan fingerprint density at radius 1 is 0.935 bits per heavy atom. The number of alkyl halides is 3. The van der Waals surface area contributed by atoms with Crippen molar-refractivity contribution in [2.75, 3.05) is 10.2 Å². The monoisotopic (exact) mass is 444 g/mol. The van der Waals surface area contributed by atoms with E-state index in [1.54, 1.807) is 41.8 Å². The van der Waals surface area contributed by atoms with Gasteiger partial charge in [-0.25, -0.2) is 4.90 Å².